The van der Waals surface area contributed by atoms with Gasteiger partial charge in [-0.3, -0.25) is 9.89 Å². The van der Waals surface area contributed by atoms with E-state index >= 15 is 0 Å². The van der Waals surface area contributed by atoms with Crippen LogP contribution in [0.2, 0.25) is 0 Å². The van der Waals surface area contributed by atoms with Gasteiger partial charge in [0.2, 0.25) is 5.91 Å². The number of amides is 1. The summed E-state index contributed by atoms with van der Waals surface area (Å²) >= 11 is 4.99. The SMILES string of the molecule is NC(=S)C(C(=O)NCCc1ncn[nH]1)c1ccccc1. The van der Waals surface area contributed by atoms with E-state index in [0.29, 0.717) is 13.0 Å². The molecule has 0 spiro atoms. The molecule has 0 aliphatic carbocycles. The zero-order chi connectivity index (χ0) is 14.4. The number of nitrogens with zero attached hydrogens (tertiary/aromatic N) is 2. The van der Waals surface area contributed by atoms with E-state index < -0.39 is 5.92 Å². The van der Waals surface area contributed by atoms with E-state index in [1.807, 2.05) is 30.3 Å². The number of hydrogen-bond acceptors (Lipinski definition) is 4. The van der Waals surface area contributed by atoms with Crippen LogP contribution in [0.4, 0.5) is 0 Å². The van der Waals surface area contributed by atoms with Gasteiger partial charge < -0.3 is 11.1 Å². The van der Waals surface area contributed by atoms with Gasteiger partial charge in [0.25, 0.3) is 0 Å². The Morgan fingerprint density at radius 1 is 1.40 bits per heavy atom. The van der Waals surface area contributed by atoms with Gasteiger partial charge in [0.05, 0.1) is 4.99 Å². The second-order valence-corrected chi connectivity index (χ2v) is 4.69. The standard InChI is InChI=1S/C13H15N5OS/c14-12(20)11(9-4-2-1-3-5-9)13(19)15-7-6-10-16-8-17-18-10/h1-5,8,11H,6-7H2,(H2,14,20)(H,15,19)(H,16,17,18). The molecule has 4 N–H and O–H groups in total. The summed E-state index contributed by atoms with van der Waals surface area (Å²) in [5.74, 6) is -0.0963. The van der Waals surface area contributed by atoms with E-state index in [1.165, 1.54) is 6.33 Å². The van der Waals surface area contributed by atoms with Crippen molar-refractivity contribution >= 4 is 23.1 Å². The molecule has 0 bridgehead atoms. The molecule has 0 radical (unpaired) electrons. The third-order valence-electron chi connectivity index (χ3n) is 2.81. The number of benzene rings is 1. The fourth-order valence-electron chi connectivity index (χ4n) is 1.85. The van der Waals surface area contributed by atoms with Crippen molar-refractivity contribution in [2.24, 2.45) is 5.73 Å². The number of aromatic amines is 1. The first-order valence-corrected chi connectivity index (χ1v) is 6.55. The van der Waals surface area contributed by atoms with Crippen LogP contribution in [0.15, 0.2) is 36.7 Å². The monoisotopic (exact) mass is 289 g/mol. The molecule has 1 unspecified atom stereocenters. The van der Waals surface area contributed by atoms with E-state index in [9.17, 15) is 4.79 Å². The second-order valence-electron chi connectivity index (χ2n) is 4.22. The number of thiocarbonyl (C=S) groups is 1. The van der Waals surface area contributed by atoms with Crippen molar-refractivity contribution in [2.75, 3.05) is 6.54 Å². The smallest absolute Gasteiger partial charge is 0.234 e. The van der Waals surface area contributed by atoms with Gasteiger partial charge in [-0.15, -0.1) is 0 Å². The predicted octanol–water partition coefficient (Wildman–Crippen LogP) is 0.533. The predicted molar refractivity (Wildman–Crippen MR) is 79.1 cm³/mol. The average Bonchev–Trinajstić information content (AvgIpc) is 2.93. The maximum absolute atomic E-state index is 12.2. The molecule has 6 nitrogen and oxygen atoms in total. The van der Waals surface area contributed by atoms with Crippen LogP contribution in [0.5, 0.6) is 0 Å². The van der Waals surface area contributed by atoms with Crippen molar-refractivity contribution in [3.63, 3.8) is 0 Å². The molecule has 104 valence electrons. The van der Waals surface area contributed by atoms with Crippen LogP contribution in [-0.2, 0) is 11.2 Å². The maximum atomic E-state index is 12.2. The summed E-state index contributed by atoms with van der Waals surface area (Å²) in [5, 5.41) is 9.28. The molecular formula is C13H15N5OS. The number of aromatic nitrogens is 3. The summed E-state index contributed by atoms with van der Waals surface area (Å²) < 4.78 is 0. The maximum Gasteiger partial charge on any atom is 0.234 e. The van der Waals surface area contributed by atoms with Crippen LogP contribution in [0.25, 0.3) is 0 Å². The highest BCUT2D eigenvalue weighted by atomic mass is 32.1. The van der Waals surface area contributed by atoms with Crippen molar-refractivity contribution in [2.45, 2.75) is 12.3 Å². The summed E-state index contributed by atoms with van der Waals surface area (Å²) in [4.78, 5) is 16.3. The summed E-state index contributed by atoms with van der Waals surface area (Å²) in [6, 6.07) is 9.24. The number of rotatable bonds is 6. The molecule has 1 atom stereocenters. The van der Waals surface area contributed by atoms with Gasteiger partial charge in [-0.05, 0) is 5.56 Å². The lowest BCUT2D eigenvalue weighted by molar-refractivity contribution is -0.121. The number of nitrogens with two attached hydrogens (primary N) is 1. The Labute approximate surface area is 121 Å². The minimum atomic E-state index is -0.610. The molecular weight excluding hydrogens is 274 g/mol. The molecule has 2 rings (SSSR count). The average molecular weight is 289 g/mol. The molecule has 0 aliphatic rings. The molecule has 0 fully saturated rings. The fraction of sp³-hybridized carbons (Fsp3) is 0.231. The number of carbonyl (C=O) groups excluding carboxylic acids is 1. The van der Waals surface area contributed by atoms with Gasteiger partial charge in [0.15, 0.2) is 0 Å². The molecule has 2 aromatic rings. The Balaban J connectivity index is 1.96. The minimum absolute atomic E-state index is 0.161. The molecule has 0 aliphatic heterocycles. The Morgan fingerprint density at radius 3 is 2.75 bits per heavy atom. The van der Waals surface area contributed by atoms with Crippen molar-refractivity contribution in [3.05, 3.63) is 48.0 Å². The Bertz CT molecular complexity index is 570. The van der Waals surface area contributed by atoms with Crippen molar-refractivity contribution in [1.29, 1.82) is 0 Å². The first-order chi connectivity index (χ1) is 9.68. The Morgan fingerprint density at radius 2 is 2.15 bits per heavy atom. The Hall–Kier alpha value is -2.28. The van der Waals surface area contributed by atoms with Gasteiger partial charge >= 0.3 is 0 Å². The topological polar surface area (TPSA) is 96.7 Å². The first kappa shape index (κ1) is 14.1. The van der Waals surface area contributed by atoms with Gasteiger partial charge in [-0.25, -0.2) is 4.98 Å². The van der Waals surface area contributed by atoms with E-state index in [4.69, 9.17) is 18.0 Å². The van der Waals surface area contributed by atoms with E-state index in [-0.39, 0.29) is 10.9 Å². The van der Waals surface area contributed by atoms with Crippen molar-refractivity contribution in [3.8, 4) is 0 Å². The van der Waals surface area contributed by atoms with Gasteiger partial charge in [-0.2, -0.15) is 5.10 Å². The fourth-order valence-corrected chi connectivity index (χ4v) is 2.09. The van der Waals surface area contributed by atoms with Crippen LogP contribution in [0.1, 0.15) is 17.3 Å². The lowest BCUT2D eigenvalue weighted by Crippen LogP contribution is -2.37. The molecule has 0 saturated heterocycles. The zero-order valence-corrected chi connectivity index (χ0v) is 11.6. The minimum Gasteiger partial charge on any atom is -0.392 e. The quantitative estimate of drug-likeness (QED) is 0.674. The van der Waals surface area contributed by atoms with Gasteiger partial charge in [0.1, 0.15) is 18.1 Å². The molecule has 1 aromatic heterocycles. The molecule has 1 aromatic carbocycles. The lowest BCUT2D eigenvalue weighted by Gasteiger charge is -2.15. The van der Waals surface area contributed by atoms with E-state index in [0.717, 1.165) is 11.4 Å². The number of hydrogen-bond donors (Lipinski definition) is 3. The summed E-state index contributed by atoms with van der Waals surface area (Å²) in [6.45, 7) is 0.444. The summed E-state index contributed by atoms with van der Waals surface area (Å²) in [5.41, 5.74) is 6.47. The summed E-state index contributed by atoms with van der Waals surface area (Å²) in [6.07, 6.45) is 2.00. The molecule has 1 amide bonds. The number of H-pyrrole nitrogens is 1. The molecule has 20 heavy (non-hydrogen) atoms. The van der Waals surface area contributed by atoms with Gasteiger partial charge in [-0.1, -0.05) is 42.5 Å². The van der Waals surface area contributed by atoms with Crippen LogP contribution >= 0.6 is 12.2 Å². The second kappa shape index (κ2) is 6.76. The highest BCUT2D eigenvalue weighted by molar-refractivity contribution is 7.80. The third kappa shape index (κ3) is 3.61. The third-order valence-corrected chi connectivity index (χ3v) is 3.04. The van der Waals surface area contributed by atoms with E-state index in [2.05, 4.69) is 20.5 Å². The molecule has 7 heteroatoms. The highest BCUT2D eigenvalue weighted by Crippen LogP contribution is 2.16. The number of carbonyl (C=O) groups is 1. The van der Waals surface area contributed by atoms with Gasteiger partial charge in [0, 0.05) is 13.0 Å². The van der Waals surface area contributed by atoms with Crippen LogP contribution < -0.4 is 11.1 Å². The molecule has 0 saturated carbocycles. The Kier molecular flexibility index (Phi) is 4.78. The lowest BCUT2D eigenvalue weighted by atomic mass is 9.98. The number of nitrogens with one attached hydrogen (secondary N) is 2. The first-order valence-electron chi connectivity index (χ1n) is 6.14. The van der Waals surface area contributed by atoms with Crippen LogP contribution in [0.3, 0.4) is 0 Å². The molecule has 1 heterocycles. The summed E-state index contributed by atoms with van der Waals surface area (Å²) in [7, 11) is 0. The van der Waals surface area contributed by atoms with Crippen molar-refractivity contribution < 1.29 is 4.79 Å². The zero-order valence-electron chi connectivity index (χ0n) is 10.7. The van der Waals surface area contributed by atoms with Crippen LogP contribution in [0, 0.1) is 0 Å². The van der Waals surface area contributed by atoms with E-state index in [1.54, 1.807) is 0 Å². The normalized spacial score (nSPS) is 11.8. The largest absolute Gasteiger partial charge is 0.392 e. The highest BCUT2D eigenvalue weighted by Gasteiger charge is 2.22. The van der Waals surface area contributed by atoms with Crippen LogP contribution in [-0.4, -0.2) is 32.6 Å². The van der Waals surface area contributed by atoms with Crippen molar-refractivity contribution in [1.82, 2.24) is 20.5 Å².